The predicted molar refractivity (Wildman–Crippen MR) is 140 cm³/mol. The van der Waals surface area contributed by atoms with E-state index in [1.54, 1.807) is 0 Å². The third-order valence-electron chi connectivity index (χ3n) is 10.2. The van der Waals surface area contributed by atoms with Crippen molar-refractivity contribution in [3.63, 3.8) is 0 Å². The van der Waals surface area contributed by atoms with Crippen LogP contribution in [0.4, 0.5) is 0 Å². The minimum absolute atomic E-state index is 0.148. The molecule has 2 aliphatic heterocycles. The molecule has 0 amide bonds. The van der Waals surface area contributed by atoms with Crippen LogP contribution in [0, 0.1) is 40.4 Å². The highest BCUT2D eigenvalue weighted by atomic mass is 32.2. The number of hydrogen-bond acceptors (Lipinski definition) is 6. The summed E-state index contributed by atoms with van der Waals surface area (Å²) in [5.74, 6) is 1.10. The van der Waals surface area contributed by atoms with Crippen LogP contribution in [0.2, 0.25) is 0 Å². The van der Waals surface area contributed by atoms with E-state index in [-0.39, 0.29) is 16.1 Å². The van der Waals surface area contributed by atoms with Gasteiger partial charge in [0.05, 0.1) is 17.4 Å². The second kappa shape index (κ2) is 7.74. The quantitative estimate of drug-likeness (QED) is 0.271. The van der Waals surface area contributed by atoms with Crippen molar-refractivity contribution in [2.75, 3.05) is 7.11 Å². The summed E-state index contributed by atoms with van der Waals surface area (Å²) in [5.41, 5.74) is 4.04. The molecule has 5 aliphatic carbocycles. The van der Waals surface area contributed by atoms with Gasteiger partial charge in [-0.1, -0.05) is 30.3 Å². The number of benzene rings is 1. The van der Waals surface area contributed by atoms with Gasteiger partial charge in [0.1, 0.15) is 6.07 Å². The van der Waals surface area contributed by atoms with Crippen LogP contribution in [0.3, 0.4) is 0 Å². The SMILES string of the molecule is COC(=O)/C(C#N)=C1\OC(=O)C2=C1C1(C3CC4CC(C3)CC1C4)C1(C)SC(c3ccccc3)=CC1=C2C. The highest BCUT2D eigenvalue weighted by Crippen LogP contribution is 2.77. The van der Waals surface area contributed by atoms with Gasteiger partial charge in [0, 0.05) is 15.9 Å². The number of carbonyl (C=O) groups is 2. The average molecular weight is 512 g/mol. The first-order valence-corrected chi connectivity index (χ1v) is 14.0. The van der Waals surface area contributed by atoms with Crippen molar-refractivity contribution in [2.45, 2.75) is 50.7 Å². The lowest BCUT2D eigenvalue weighted by atomic mass is 9.38. The molecule has 4 saturated carbocycles. The average Bonchev–Trinajstić information content (AvgIpc) is 3.43. The maximum atomic E-state index is 13.6. The molecule has 4 fully saturated rings. The molecule has 0 radical (unpaired) electrons. The number of thioether (sulfide) groups is 1. The Morgan fingerprint density at radius 1 is 1.11 bits per heavy atom. The molecule has 0 aromatic heterocycles. The highest BCUT2D eigenvalue weighted by molar-refractivity contribution is 8.10. The van der Waals surface area contributed by atoms with Crippen LogP contribution in [0.25, 0.3) is 4.91 Å². The number of nitrogens with zero attached hydrogens (tertiary/aromatic N) is 1. The molecule has 1 aromatic rings. The number of fused-ring (bicyclic) bond motifs is 1. The molecule has 1 unspecified atom stereocenters. The van der Waals surface area contributed by atoms with Gasteiger partial charge in [-0.3, -0.25) is 0 Å². The van der Waals surface area contributed by atoms with Crippen LogP contribution in [-0.2, 0) is 19.1 Å². The molecule has 188 valence electrons. The van der Waals surface area contributed by atoms with Crippen LogP contribution in [-0.4, -0.2) is 23.8 Å². The van der Waals surface area contributed by atoms with Crippen LogP contribution in [0.1, 0.15) is 51.5 Å². The Hall–Kier alpha value is -3.04. The molecule has 0 saturated heterocycles. The number of hydrogen-bond donors (Lipinski definition) is 0. The molecule has 5 nitrogen and oxygen atoms in total. The number of nitriles is 1. The van der Waals surface area contributed by atoms with Crippen LogP contribution >= 0.6 is 11.8 Å². The second-order valence-corrected chi connectivity index (χ2v) is 13.1. The van der Waals surface area contributed by atoms with Crippen molar-refractivity contribution in [1.82, 2.24) is 0 Å². The third-order valence-corrected chi connectivity index (χ3v) is 11.7. The first kappa shape index (κ1) is 23.1. The standard InChI is InChI=1S/C31H29NO4S/c1-16-23-14-24(19-7-5-4-6-8-19)37-30(23,2)31(20-10-17-9-18(12-20)13-21(31)11-17)26-25(16)29(34)36-27(26)22(15-32)28(33)35-3/h4-8,14,17-18,20-21H,9-13H2,1-3H3/b27-22-. The van der Waals surface area contributed by atoms with Gasteiger partial charge in [-0.15, -0.1) is 11.8 Å². The lowest BCUT2D eigenvalue weighted by Crippen LogP contribution is -2.63. The Bertz CT molecular complexity index is 1410. The fraction of sp³-hybridized carbons (Fsp3) is 0.452. The van der Waals surface area contributed by atoms with E-state index in [1.807, 2.05) is 30.8 Å². The largest absolute Gasteiger partial charge is 0.465 e. The fourth-order valence-corrected chi connectivity index (χ4v) is 11.0. The molecule has 6 heteroatoms. The topological polar surface area (TPSA) is 76.4 Å². The Labute approximate surface area is 221 Å². The Morgan fingerprint density at radius 3 is 2.35 bits per heavy atom. The van der Waals surface area contributed by atoms with E-state index in [1.165, 1.54) is 29.6 Å². The Morgan fingerprint density at radius 2 is 1.76 bits per heavy atom. The monoisotopic (exact) mass is 511 g/mol. The van der Waals surface area contributed by atoms with Crippen molar-refractivity contribution in [2.24, 2.45) is 29.1 Å². The molecule has 1 spiro atoms. The van der Waals surface area contributed by atoms with Gasteiger partial charge >= 0.3 is 11.9 Å². The van der Waals surface area contributed by atoms with Gasteiger partial charge in [-0.2, -0.15) is 5.26 Å². The molecule has 4 bridgehead atoms. The molecule has 2 heterocycles. The number of ether oxygens (including phenoxy) is 2. The van der Waals surface area contributed by atoms with Crippen molar-refractivity contribution < 1.29 is 19.1 Å². The van der Waals surface area contributed by atoms with Crippen molar-refractivity contribution in [3.8, 4) is 6.07 Å². The normalized spacial score (nSPS) is 38.3. The Kier molecular flexibility index (Phi) is 4.83. The molecule has 0 N–H and O–H groups in total. The van der Waals surface area contributed by atoms with Crippen LogP contribution < -0.4 is 0 Å². The fourth-order valence-electron chi connectivity index (χ4n) is 9.19. The van der Waals surface area contributed by atoms with Crippen molar-refractivity contribution >= 4 is 28.6 Å². The van der Waals surface area contributed by atoms with Gasteiger partial charge in [-0.25, -0.2) is 9.59 Å². The zero-order valence-corrected chi connectivity index (χ0v) is 22.1. The number of cyclic esters (lactones) is 1. The lowest BCUT2D eigenvalue weighted by Gasteiger charge is -2.67. The van der Waals surface area contributed by atoms with E-state index >= 15 is 0 Å². The van der Waals surface area contributed by atoms with E-state index < -0.39 is 17.4 Å². The first-order valence-electron chi connectivity index (χ1n) is 13.2. The molecule has 37 heavy (non-hydrogen) atoms. The third kappa shape index (κ3) is 2.76. The lowest BCUT2D eigenvalue weighted by molar-refractivity contribution is -0.136. The molecule has 1 aromatic carbocycles. The summed E-state index contributed by atoms with van der Waals surface area (Å²) in [7, 11) is 1.26. The van der Waals surface area contributed by atoms with E-state index in [0.717, 1.165) is 36.8 Å². The summed E-state index contributed by atoms with van der Waals surface area (Å²) < 4.78 is 10.5. The number of carbonyl (C=O) groups excluding carboxylic acids is 2. The van der Waals surface area contributed by atoms with Gasteiger partial charge in [-0.05, 0) is 92.4 Å². The highest BCUT2D eigenvalue weighted by Gasteiger charge is 2.72. The predicted octanol–water partition coefficient (Wildman–Crippen LogP) is 6.11. The number of esters is 2. The number of methoxy groups -OCH3 is 1. The van der Waals surface area contributed by atoms with Crippen LogP contribution in [0.15, 0.2) is 70.0 Å². The summed E-state index contributed by atoms with van der Waals surface area (Å²) >= 11 is 1.90. The summed E-state index contributed by atoms with van der Waals surface area (Å²) in [4.78, 5) is 27.6. The maximum absolute atomic E-state index is 13.6. The molecule has 7 aliphatic rings. The zero-order valence-electron chi connectivity index (χ0n) is 21.3. The number of rotatable bonds is 2. The van der Waals surface area contributed by atoms with Gasteiger partial charge in [0.2, 0.25) is 0 Å². The van der Waals surface area contributed by atoms with Crippen LogP contribution in [0.5, 0.6) is 0 Å². The van der Waals surface area contributed by atoms with E-state index in [4.69, 9.17) is 9.47 Å². The van der Waals surface area contributed by atoms with E-state index in [0.29, 0.717) is 29.2 Å². The molecule has 1 atom stereocenters. The smallest absolute Gasteiger partial charge is 0.352 e. The molecule has 8 rings (SSSR count). The number of allylic oxidation sites excluding steroid dienone is 2. The summed E-state index contributed by atoms with van der Waals surface area (Å²) in [6, 6.07) is 12.5. The summed E-state index contributed by atoms with van der Waals surface area (Å²) in [6.45, 7) is 4.35. The minimum Gasteiger partial charge on any atom is -0.465 e. The van der Waals surface area contributed by atoms with Gasteiger partial charge in [0.15, 0.2) is 11.3 Å². The summed E-state index contributed by atoms with van der Waals surface area (Å²) in [5, 5.41) is 10.1. The van der Waals surface area contributed by atoms with Gasteiger partial charge < -0.3 is 9.47 Å². The minimum atomic E-state index is -0.752. The van der Waals surface area contributed by atoms with Gasteiger partial charge in [0.25, 0.3) is 0 Å². The van der Waals surface area contributed by atoms with Crippen molar-refractivity contribution in [3.05, 3.63) is 75.6 Å². The maximum Gasteiger partial charge on any atom is 0.352 e. The molecular formula is C31H29NO4S. The zero-order chi connectivity index (χ0) is 25.7. The van der Waals surface area contributed by atoms with Crippen molar-refractivity contribution in [1.29, 1.82) is 5.26 Å². The van der Waals surface area contributed by atoms with E-state index in [9.17, 15) is 14.9 Å². The molecular weight excluding hydrogens is 482 g/mol. The Balaban J connectivity index is 1.54. The van der Waals surface area contributed by atoms with E-state index in [2.05, 4.69) is 37.3 Å². The first-order chi connectivity index (χ1) is 17.8. The summed E-state index contributed by atoms with van der Waals surface area (Å²) in [6.07, 6.45) is 8.07. The second-order valence-electron chi connectivity index (χ2n) is 11.7.